The lowest BCUT2D eigenvalue weighted by atomic mass is 10.0. The molecule has 6 heteroatoms. The van der Waals surface area contributed by atoms with Crippen LogP contribution in [0.1, 0.15) is 18.1 Å². The second-order valence-corrected chi connectivity index (χ2v) is 4.06. The van der Waals surface area contributed by atoms with Gasteiger partial charge in [-0.3, -0.25) is 4.79 Å². The van der Waals surface area contributed by atoms with Crippen molar-refractivity contribution in [1.82, 2.24) is 0 Å². The van der Waals surface area contributed by atoms with Gasteiger partial charge in [0.25, 0.3) is 5.92 Å². The average molecular weight is 259 g/mol. The van der Waals surface area contributed by atoms with Crippen molar-refractivity contribution in [2.24, 2.45) is 5.73 Å². The molecule has 0 aliphatic carbocycles. The first-order chi connectivity index (χ1) is 8.25. The maximum atomic E-state index is 13.2. The van der Waals surface area contributed by atoms with E-state index in [1.165, 1.54) is 25.3 Å². The van der Waals surface area contributed by atoms with Crippen molar-refractivity contribution in [3.63, 3.8) is 0 Å². The number of carboxylic acids is 1. The first-order valence-electron chi connectivity index (χ1n) is 5.29. The van der Waals surface area contributed by atoms with Crippen LogP contribution in [-0.4, -0.2) is 24.2 Å². The number of halogens is 2. The Hall–Kier alpha value is -1.69. The summed E-state index contributed by atoms with van der Waals surface area (Å²) >= 11 is 0. The van der Waals surface area contributed by atoms with Gasteiger partial charge in [0.15, 0.2) is 0 Å². The number of carboxylic acid groups (broad SMARTS) is 1. The number of ether oxygens (including phenoxy) is 1. The maximum absolute atomic E-state index is 13.2. The van der Waals surface area contributed by atoms with E-state index < -0.39 is 17.9 Å². The normalized spacial score (nSPS) is 13.2. The van der Waals surface area contributed by atoms with Crippen molar-refractivity contribution in [1.29, 1.82) is 0 Å². The van der Waals surface area contributed by atoms with Crippen molar-refractivity contribution in [2.75, 3.05) is 7.11 Å². The number of methoxy groups -OCH3 is 1. The highest BCUT2D eigenvalue weighted by atomic mass is 19.3. The van der Waals surface area contributed by atoms with Gasteiger partial charge in [-0.15, -0.1) is 0 Å². The Labute approximate surface area is 103 Å². The third kappa shape index (κ3) is 3.40. The van der Waals surface area contributed by atoms with Gasteiger partial charge in [0.2, 0.25) is 0 Å². The Bertz CT molecular complexity index is 443. The lowest BCUT2D eigenvalue weighted by Gasteiger charge is -2.16. The molecule has 0 bridgehead atoms. The van der Waals surface area contributed by atoms with Crippen molar-refractivity contribution >= 4 is 5.97 Å². The van der Waals surface area contributed by atoms with Gasteiger partial charge in [-0.2, -0.15) is 0 Å². The molecule has 0 radical (unpaired) electrons. The van der Waals surface area contributed by atoms with Crippen molar-refractivity contribution in [2.45, 2.75) is 25.3 Å². The molecule has 1 aromatic carbocycles. The zero-order valence-electron chi connectivity index (χ0n) is 10.1. The number of hydrogen-bond acceptors (Lipinski definition) is 3. The summed E-state index contributed by atoms with van der Waals surface area (Å²) in [6.45, 7) is 0.774. The quantitative estimate of drug-likeness (QED) is 0.845. The van der Waals surface area contributed by atoms with Gasteiger partial charge in [0, 0.05) is 18.9 Å². The van der Waals surface area contributed by atoms with Gasteiger partial charge >= 0.3 is 5.97 Å². The van der Waals surface area contributed by atoms with Crippen molar-refractivity contribution in [3.05, 3.63) is 29.3 Å². The number of hydrogen-bond donors (Lipinski definition) is 2. The third-order valence-electron chi connectivity index (χ3n) is 2.54. The van der Waals surface area contributed by atoms with Crippen LogP contribution in [0.15, 0.2) is 18.2 Å². The zero-order valence-corrected chi connectivity index (χ0v) is 10.1. The Morgan fingerprint density at radius 1 is 1.56 bits per heavy atom. The summed E-state index contributed by atoms with van der Waals surface area (Å²) in [5.74, 6) is -3.83. The summed E-state index contributed by atoms with van der Waals surface area (Å²) in [7, 11) is 1.38. The topological polar surface area (TPSA) is 72.5 Å². The molecule has 0 saturated heterocycles. The highest BCUT2D eigenvalue weighted by Crippen LogP contribution is 2.31. The number of rotatable bonds is 5. The molecule has 18 heavy (non-hydrogen) atoms. The number of carbonyl (C=O) groups is 1. The summed E-state index contributed by atoms with van der Waals surface area (Å²) in [4.78, 5) is 10.7. The summed E-state index contributed by atoms with van der Waals surface area (Å²) < 4.78 is 31.4. The fourth-order valence-corrected chi connectivity index (χ4v) is 1.54. The van der Waals surface area contributed by atoms with E-state index >= 15 is 0 Å². The summed E-state index contributed by atoms with van der Waals surface area (Å²) in [6.07, 6.45) is -0.0670. The van der Waals surface area contributed by atoms with Crippen molar-refractivity contribution in [3.8, 4) is 5.75 Å². The molecule has 0 aliphatic rings. The fraction of sp³-hybridized carbons (Fsp3) is 0.417. The number of benzene rings is 1. The molecule has 1 unspecified atom stereocenters. The van der Waals surface area contributed by atoms with Crippen LogP contribution in [0.4, 0.5) is 8.78 Å². The van der Waals surface area contributed by atoms with Crippen LogP contribution in [0.2, 0.25) is 0 Å². The number of aliphatic carboxylic acids is 1. The van der Waals surface area contributed by atoms with Gasteiger partial charge < -0.3 is 15.6 Å². The number of nitrogens with two attached hydrogens (primary N) is 1. The van der Waals surface area contributed by atoms with E-state index in [0.29, 0.717) is 11.3 Å². The lowest BCUT2D eigenvalue weighted by molar-refractivity contribution is -0.138. The van der Waals surface area contributed by atoms with E-state index in [0.717, 1.165) is 6.92 Å². The molecule has 1 aromatic rings. The third-order valence-corrected chi connectivity index (χ3v) is 2.54. The van der Waals surface area contributed by atoms with Gasteiger partial charge in [-0.1, -0.05) is 0 Å². The van der Waals surface area contributed by atoms with E-state index in [1.807, 2.05) is 0 Å². The molecule has 0 aliphatic heterocycles. The van der Waals surface area contributed by atoms with E-state index in [2.05, 4.69) is 0 Å². The number of alkyl halides is 2. The average Bonchev–Trinajstić information content (AvgIpc) is 2.27. The minimum absolute atomic E-state index is 0.0670. The minimum atomic E-state index is -2.99. The highest BCUT2D eigenvalue weighted by Gasteiger charge is 2.26. The zero-order chi connectivity index (χ0) is 13.9. The molecule has 0 aromatic heterocycles. The molecule has 0 spiro atoms. The van der Waals surface area contributed by atoms with E-state index in [1.54, 1.807) is 0 Å². The molecule has 1 rings (SSSR count). The molecule has 3 N–H and O–H groups in total. The SMILES string of the molecule is COc1ccc(C(C)(F)F)cc1CC(N)C(=O)O. The van der Waals surface area contributed by atoms with Crippen LogP contribution in [0, 0.1) is 0 Å². The first-order valence-corrected chi connectivity index (χ1v) is 5.29. The predicted molar refractivity (Wildman–Crippen MR) is 61.9 cm³/mol. The fourth-order valence-electron chi connectivity index (χ4n) is 1.54. The van der Waals surface area contributed by atoms with E-state index in [-0.39, 0.29) is 12.0 Å². The molecule has 4 nitrogen and oxygen atoms in total. The van der Waals surface area contributed by atoms with Crippen molar-refractivity contribution < 1.29 is 23.4 Å². The Kier molecular flexibility index (Phi) is 4.24. The molecular formula is C12H15F2NO3. The van der Waals surface area contributed by atoms with Crippen LogP contribution in [0.3, 0.4) is 0 Å². The predicted octanol–water partition coefficient (Wildman–Crippen LogP) is 1.76. The largest absolute Gasteiger partial charge is 0.496 e. The van der Waals surface area contributed by atoms with Gasteiger partial charge in [0.05, 0.1) is 7.11 Å². The molecule has 100 valence electrons. The van der Waals surface area contributed by atoms with Crippen LogP contribution in [0.25, 0.3) is 0 Å². The van der Waals surface area contributed by atoms with Crippen LogP contribution in [0.5, 0.6) is 5.75 Å². The molecule has 0 fully saturated rings. The van der Waals surface area contributed by atoms with E-state index in [4.69, 9.17) is 15.6 Å². The minimum Gasteiger partial charge on any atom is -0.496 e. The smallest absolute Gasteiger partial charge is 0.320 e. The molecule has 0 amide bonds. The van der Waals surface area contributed by atoms with Gasteiger partial charge in [0.1, 0.15) is 11.8 Å². The Morgan fingerprint density at radius 3 is 2.61 bits per heavy atom. The Balaban J connectivity index is 3.10. The van der Waals surface area contributed by atoms with Crippen LogP contribution in [-0.2, 0) is 17.1 Å². The van der Waals surface area contributed by atoms with Gasteiger partial charge in [-0.25, -0.2) is 8.78 Å². The summed E-state index contributed by atoms with van der Waals surface area (Å²) in [5, 5.41) is 8.72. The molecule has 0 saturated carbocycles. The second-order valence-electron chi connectivity index (χ2n) is 4.06. The summed E-state index contributed by atoms with van der Waals surface area (Å²) in [5.41, 5.74) is 5.54. The molecule has 0 heterocycles. The summed E-state index contributed by atoms with van der Waals surface area (Å²) in [6, 6.07) is 2.70. The highest BCUT2D eigenvalue weighted by molar-refractivity contribution is 5.73. The first kappa shape index (κ1) is 14.4. The molecule has 1 atom stereocenters. The monoisotopic (exact) mass is 259 g/mol. The van der Waals surface area contributed by atoms with Gasteiger partial charge in [-0.05, 0) is 23.8 Å². The molecular weight excluding hydrogens is 244 g/mol. The second kappa shape index (κ2) is 5.30. The lowest BCUT2D eigenvalue weighted by Crippen LogP contribution is -2.32. The Morgan fingerprint density at radius 2 is 2.17 bits per heavy atom. The van der Waals surface area contributed by atoms with Crippen LogP contribution >= 0.6 is 0 Å². The standard InChI is InChI=1S/C12H15F2NO3/c1-12(13,14)8-3-4-10(18-2)7(5-8)6-9(15)11(16)17/h3-5,9H,6,15H2,1-2H3,(H,16,17). The van der Waals surface area contributed by atoms with E-state index in [9.17, 15) is 13.6 Å². The maximum Gasteiger partial charge on any atom is 0.320 e. The van der Waals surface area contributed by atoms with Crippen LogP contribution < -0.4 is 10.5 Å².